The molecule has 0 aliphatic rings. The summed E-state index contributed by atoms with van der Waals surface area (Å²) in [5, 5.41) is 2.71. The minimum absolute atomic E-state index is 0.0407. The van der Waals surface area contributed by atoms with Crippen molar-refractivity contribution in [3.8, 4) is 0 Å². The smallest absolute Gasteiger partial charge is 0.264 e. The normalized spacial score (nSPS) is 12.0. The minimum Gasteiger partial charge on any atom is -0.355 e. The number of halogens is 2. The van der Waals surface area contributed by atoms with Crippen LogP contribution in [0.25, 0.3) is 0 Å². The van der Waals surface area contributed by atoms with Crippen LogP contribution >= 0.6 is 0 Å². The van der Waals surface area contributed by atoms with Gasteiger partial charge in [0.15, 0.2) is 0 Å². The van der Waals surface area contributed by atoms with Gasteiger partial charge in [0, 0.05) is 13.1 Å². The van der Waals surface area contributed by atoms with Crippen molar-refractivity contribution in [1.82, 2.24) is 10.2 Å². The summed E-state index contributed by atoms with van der Waals surface area (Å²) in [6.45, 7) is 4.97. The lowest BCUT2D eigenvalue weighted by molar-refractivity contribution is -0.140. The van der Waals surface area contributed by atoms with E-state index in [1.54, 1.807) is 26.0 Å². The fourth-order valence-corrected chi connectivity index (χ4v) is 5.39. The van der Waals surface area contributed by atoms with E-state index in [2.05, 4.69) is 5.32 Å². The fourth-order valence-electron chi connectivity index (χ4n) is 3.97. The molecule has 7 nitrogen and oxygen atoms in total. The molecule has 2 amide bonds. The second-order valence-electron chi connectivity index (χ2n) is 8.77. The third kappa shape index (κ3) is 6.95. The second-order valence-corrected chi connectivity index (χ2v) is 10.6. The molecule has 3 aromatic carbocycles. The lowest BCUT2D eigenvalue weighted by atomic mass is 10.1. The van der Waals surface area contributed by atoms with Gasteiger partial charge in [0.2, 0.25) is 11.8 Å². The van der Waals surface area contributed by atoms with Crippen LogP contribution in [0.2, 0.25) is 0 Å². The molecule has 0 spiro atoms. The number of benzene rings is 3. The third-order valence-electron chi connectivity index (χ3n) is 6.01. The number of aryl methyl sites for hydroxylation is 1. The van der Waals surface area contributed by atoms with Crippen LogP contribution in [-0.4, -0.2) is 44.3 Å². The topological polar surface area (TPSA) is 86.8 Å². The highest BCUT2D eigenvalue weighted by molar-refractivity contribution is 7.92. The summed E-state index contributed by atoms with van der Waals surface area (Å²) >= 11 is 0. The number of anilines is 1. The Bertz CT molecular complexity index is 1350. The van der Waals surface area contributed by atoms with Gasteiger partial charge >= 0.3 is 0 Å². The minimum atomic E-state index is -4.24. The molecular formula is C28H31F2N3O4S. The van der Waals surface area contributed by atoms with E-state index in [4.69, 9.17) is 0 Å². The molecule has 0 heterocycles. The maximum Gasteiger partial charge on any atom is 0.264 e. The van der Waals surface area contributed by atoms with Gasteiger partial charge in [-0.25, -0.2) is 17.2 Å². The van der Waals surface area contributed by atoms with Crippen molar-refractivity contribution in [2.75, 3.05) is 17.4 Å². The van der Waals surface area contributed by atoms with Gasteiger partial charge in [-0.15, -0.1) is 0 Å². The molecule has 38 heavy (non-hydrogen) atoms. The molecule has 10 heteroatoms. The first-order chi connectivity index (χ1) is 18.1. The summed E-state index contributed by atoms with van der Waals surface area (Å²) in [5.74, 6) is -2.05. The van der Waals surface area contributed by atoms with Crippen LogP contribution in [0.4, 0.5) is 14.5 Å². The molecule has 1 atom stereocenters. The predicted octanol–water partition coefficient (Wildman–Crippen LogP) is 4.41. The number of amides is 2. The summed E-state index contributed by atoms with van der Waals surface area (Å²) in [6, 6.07) is 15.5. The summed E-state index contributed by atoms with van der Waals surface area (Å²) in [4.78, 5) is 27.9. The number of carbonyl (C=O) groups is 2. The van der Waals surface area contributed by atoms with Crippen molar-refractivity contribution >= 4 is 27.5 Å². The summed E-state index contributed by atoms with van der Waals surface area (Å²) < 4.78 is 55.5. The van der Waals surface area contributed by atoms with Gasteiger partial charge in [-0.05, 0) is 74.4 Å². The molecule has 0 aliphatic heterocycles. The molecular weight excluding hydrogens is 512 g/mol. The van der Waals surface area contributed by atoms with Crippen LogP contribution in [0.1, 0.15) is 31.4 Å². The maximum atomic E-state index is 13.8. The molecule has 1 N–H and O–H groups in total. The van der Waals surface area contributed by atoms with Gasteiger partial charge in [-0.2, -0.15) is 0 Å². The lowest BCUT2D eigenvalue weighted by Gasteiger charge is -2.33. The van der Waals surface area contributed by atoms with Crippen LogP contribution in [0.15, 0.2) is 77.7 Å². The third-order valence-corrected chi connectivity index (χ3v) is 7.79. The van der Waals surface area contributed by atoms with Gasteiger partial charge in [0.1, 0.15) is 24.2 Å². The van der Waals surface area contributed by atoms with E-state index in [1.165, 1.54) is 53.4 Å². The van der Waals surface area contributed by atoms with Crippen molar-refractivity contribution in [1.29, 1.82) is 0 Å². The van der Waals surface area contributed by atoms with Gasteiger partial charge in [0.05, 0.1) is 10.6 Å². The van der Waals surface area contributed by atoms with E-state index >= 15 is 0 Å². The molecule has 0 aliphatic carbocycles. The SMILES string of the molecule is CCNC(=O)[C@@H](CC)N(Cc1ccc(F)cc1)C(=O)CN(c1ccc(F)cc1)S(=O)(=O)c1ccc(C)cc1. The van der Waals surface area contributed by atoms with Gasteiger partial charge < -0.3 is 10.2 Å². The number of hydrogen-bond acceptors (Lipinski definition) is 4. The molecule has 0 aromatic heterocycles. The van der Waals surface area contributed by atoms with Crippen LogP contribution in [-0.2, 0) is 26.2 Å². The second kappa shape index (κ2) is 12.6. The quantitative estimate of drug-likeness (QED) is 0.388. The number of sulfonamides is 1. The number of likely N-dealkylation sites (N-methyl/N-ethyl adjacent to an activating group) is 1. The zero-order valence-corrected chi connectivity index (χ0v) is 22.3. The monoisotopic (exact) mass is 543 g/mol. The van der Waals surface area contributed by atoms with E-state index in [1.807, 2.05) is 6.92 Å². The van der Waals surface area contributed by atoms with Crippen LogP contribution < -0.4 is 9.62 Å². The van der Waals surface area contributed by atoms with Crippen molar-refractivity contribution < 1.29 is 26.8 Å². The number of hydrogen-bond donors (Lipinski definition) is 1. The van der Waals surface area contributed by atoms with Crippen LogP contribution in [0.5, 0.6) is 0 Å². The zero-order chi connectivity index (χ0) is 27.9. The van der Waals surface area contributed by atoms with Crippen molar-refractivity contribution in [3.05, 3.63) is 95.6 Å². The van der Waals surface area contributed by atoms with E-state index in [0.717, 1.165) is 22.0 Å². The number of rotatable bonds is 11. The molecule has 0 bridgehead atoms. The molecule has 0 saturated carbocycles. The Morgan fingerprint density at radius 3 is 1.95 bits per heavy atom. The zero-order valence-electron chi connectivity index (χ0n) is 21.5. The van der Waals surface area contributed by atoms with E-state index in [9.17, 15) is 26.8 Å². The largest absolute Gasteiger partial charge is 0.355 e. The lowest BCUT2D eigenvalue weighted by Crippen LogP contribution is -2.52. The van der Waals surface area contributed by atoms with Crippen molar-refractivity contribution in [2.24, 2.45) is 0 Å². The number of carbonyl (C=O) groups excluding carboxylic acids is 2. The fraction of sp³-hybridized carbons (Fsp3) is 0.286. The van der Waals surface area contributed by atoms with E-state index < -0.39 is 40.2 Å². The van der Waals surface area contributed by atoms with Crippen LogP contribution in [0.3, 0.4) is 0 Å². The van der Waals surface area contributed by atoms with Gasteiger partial charge in [-0.1, -0.05) is 36.8 Å². The molecule has 0 fully saturated rings. The Labute approximate surface area is 222 Å². The molecule has 0 radical (unpaired) electrons. The summed E-state index contributed by atoms with van der Waals surface area (Å²) in [7, 11) is -4.24. The van der Waals surface area contributed by atoms with Gasteiger partial charge in [0.25, 0.3) is 10.0 Å². The van der Waals surface area contributed by atoms with Gasteiger partial charge in [-0.3, -0.25) is 13.9 Å². The highest BCUT2D eigenvalue weighted by atomic mass is 32.2. The Hall–Kier alpha value is -3.79. The van der Waals surface area contributed by atoms with Crippen molar-refractivity contribution in [3.63, 3.8) is 0 Å². The van der Waals surface area contributed by atoms with E-state index in [0.29, 0.717) is 12.1 Å². The molecule has 3 aromatic rings. The number of nitrogens with one attached hydrogen (secondary N) is 1. The highest BCUT2D eigenvalue weighted by Gasteiger charge is 2.33. The highest BCUT2D eigenvalue weighted by Crippen LogP contribution is 2.25. The summed E-state index contributed by atoms with van der Waals surface area (Å²) in [6.07, 6.45) is 0.264. The first kappa shape index (κ1) is 28.8. The first-order valence-corrected chi connectivity index (χ1v) is 13.7. The Morgan fingerprint density at radius 2 is 1.42 bits per heavy atom. The molecule has 0 saturated heterocycles. The summed E-state index contributed by atoms with van der Waals surface area (Å²) in [5.41, 5.74) is 1.51. The van der Waals surface area contributed by atoms with Crippen LogP contribution in [0, 0.1) is 18.6 Å². The average Bonchev–Trinajstić information content (AvgIpc) is 2.89. The Morgan fingerprint density at radius 1 is 0.868 bits per heavy atom. The molecule has 3 rings (SSSR count). The maximum absolute atomic E-state index is 13.8. The molecule has 202 valence electrons. The average molecular weight is 544 g/mol. The van der Waals surface area contributed by atoms with E-state index in [-0.39, 0.29) is 29.5 Å². The Balaban J connectivity index is 2.04. The van der Waals surface area contributed by atoms with Crippen molar-refractivity contribution in [2.45, 2.75) is 44.7 Å². The Kier molecular flexibility index (Phi) is 9.57. The molecule has 0 unspecified atom stereocenters. The first-order valence-electron chi connectivity index (χ1n) is 12.2. The number of nitrogens with zero attached hydrogens (tertiary/aromatic N) is 2. The standard InChI is InChI=1S/C28H31F2N3O4S/c1-4-26(28(35)31-5-2)32(18-21-8-10-22(29)11-9-21)27(34)19-33(24-14-12-23(30)13-15-24)38(36,37)25-16-6-20(3)7-17-25/h6-17,26H,4-5,18-19H2,1-3H3,(H,31,35)/t26-/m1/s1. The predicted molar refractivity (Wildman–Crippen MR) is 142 cm³/mol.